The van der Waals surface area contributed by atoms with Gasteiger partial charge in [0.15, 0.2) is 0 Å². The number of rotatable bonds is 4. The summed E-state index contributed by atoms with van der Waals surface area (Å²) in [5, 5.41) is 4.08. The maximum absolute atomic E-state index is 13.7. The van der Waals surface area contributed by atoms with Crippen LogP contribution >= 0.6 is 11.8 Å². The molecule has 0 aliphatic heterocycles. The molecule has 1 aromatic rings. The van der Waals surface area contributed by atoms with E-state index in [-0.39, 0.29) is 5.82 Å². The van der Waals surface area contributed by atoms with Crippen LogP contribution in [0.4, 0.5) is 4.39 Å². The van der Waals surface area contributed by atoms with Gasteiger partial charge >= 0.3 is 0 Å². The van der Waals surface area contributed by atoms with Gasteiger partial charge in [0, 0.05) is 16.2 Å². The lowest BCUT2D eigenvalue weighted by Crippen LogP contribution is -2.37. The molecule has 2 unspecified atom stereocenters. The van der Waals surface area contributed by atoms with Crippen LogP contribution in [0, 0.1) is 5.82 Å². The Labute approximate surface area is 114 Å². The highest BCUT2D eigenvalue weighted by molar-refractivity contribution is 8.00. The van der Waals surface area contributed by atoms with E-state index in [1.165, 1.54) is 32.1 Å². The molecule has 1 aromatic carbocycles. The number of hydrogen-bond donors (Lipinski definition) is 1. The highest BCUT2D eigenvalue weighted by Gasteiger charge is 2.24. The molecule has 1 aliphatic carbocycles. The van der Waals surface area contributed by atoms with Gasteiger partial charge < -0.3 is 5.32 Å². The second-order valence-corrected chi connectivity index (χ2v) is 6.17. The minimum Gasteiger partial charge on any atom is -0.313 e. The van der Waals surface area contributed by atoms with Crippen molar-refractivity contribution in [2.45, 2.75) is 55.2 Å². The third-order valence-electron chi connectivity index (χ3n) is 3.53. The standard InChI is InChI=1S/C15H22FNS/c1-2-17-13-9-4-3-5-11-15(13)18-14-10-7-6-8-12(14)16/h6-8,10,13,15,17H,2-5,9,11H2,1H3. The molecule has 1 fully saturated rings. The van der Waals surface area contributed by atoms with Gasteiger partial charge in [0.05, 0.1) is 0 Å². The number of thioether (sulfide) groups is 1. The van der Waals surface area contributed by atoms with E-state index in [9.17, 15) is 4.39 Å². The average molecular weight is 267 g/mol. The molecule has 0 radical (unpaired) electrons. The topological polar surface area (TPSA) is 12.0 Å². The molecule has 100 valence electrons. The van der Waals surface area contributed by atoms with Gasteiger partial charge in [0.25, 0.3) is 0 Å². The first-order valence-electron chi connectivity index (χ1n) is 6.96. The first-order valence-corrected chi connectivity index (χ1v) is 7.83. The third-order valence-corrected chi connectivity index (χ3v) is 4.99. The van der Waals surface area contributed by atoms with Gasteiger partial charge in [-0.3, -0.25) is 0 Å². The quantitative estimate of drug-likeness (QED) is 0.819. The van der Waals surface area contributed by atoms with Crippen LogP contribution in [0.5, 0.6) is 0 Å². The van der Waals surface area contributed by atoms with E-state index in [0.29, 0.717) is 11.3 Å². The summed E-state index contributed by atoms with van der Waals surface area (Å²) in [6.07, 6.45) is 6.30. The lowest BCUT2D eigenvalue weighted by atomic mass is 10.1. The smallest absolute Gasteiger partial charge is 0.136 e. The summed E-state index contributed by atoms with van der Waals surface area (Å²) in [5.41, 5.74) is 0. The zero-order chi connectivity index (χ0) is 12.8. The van der Waals surface area contributed by atoms with Crippen molar-refractivity contribution in [1.82, 2.24) is 5.32 Å². The fourth-order valence-electron chi connectivity index (χ4n) is 2.61. The third kappa shape index (κ3) is 3.72. The molecule has 1 nitrogen and oxygen atoms in total. The van der Waals surface area contributed by atoms with Crippen molar-refractivity contribution < 1.29 is 4.39 Å². The van der Waals surface area contributed by atoms with E-state index in [1.54, 1.807) is 23.9 Å². The molecule has 1 aliphatic rings. The van der Waals surface area contributed by atoms with E-state index in [0.717, 1.165) is 11.4 Å². The first kappa shape index (κ1) is 13.9. The fourth-order valence-corrected chi connectivity index (χ4v) is 3.96. The fraction of sp³-hybridized carbons (Fsp3) is 0.600. The molecule has 1 N–H and O–H groups in total. The van der Waals surface area contributed by atoms with Crippen molar-refractivity contribution in [3.63, 3.8) is 0 Å². The van der Waals surface area contributed by atoms with Crippen LogP contribution in [0.3, 0.4) is 0 Å². The van der Waals surface area contributed by atoms with Crippen LogP contribution in [-0.2, 0) is 0 Å². The van der Waals surface area contributed by atoms with Gasteiger partial charge in [-0.25, -0.2) is 4.39 Å². The maximum Gasteiger partial charge on any atom is 0.136 e. The van der Waals surface area contributed by atoms with Crippen molar-refractivity contribution in [3.05, 3.63) is 30.1 Å². The normalized spacial score (nSPS) is 24.8. The van der Waals surface area contributed by atoms with E-state index in [4.69, 9.17) is 0 Å². The summed E-state index contributed by atoms with van der Waals surface area (Å²) in [6, 6.07) is 7.66. The minimum absolute atomic E-state index is 0.0815. The van der Waals surface area contributed by atoms with Gasteiger partial charge in [-0.2, -0.15) is 0 Å². The number of nitrogens with one attached hydrogen (secondary N) is 1. The Morgan fingerprint density at radius 1 is 1.22 bits per heavy atom. The summed E-state index contributed by atoms with van der Waals surface area (Å²) >= 11 is 1.72. The lowest BCUT2D eigenvalue weighted by Gasteiger charge is -2.25. The molecule has 18 heavy (non-hydrogen) atoms. The highest BCUT2D eigenvalue weighted by atomic mass is 32.2. The Morgan fingerprint density at radius 2 is 2.00 bits per heavy atom. The van der Waals surface area contributed by atoms with Crippen LogP contribution in [0.15, 0.2) is 29.2 Å². The predicted molar refractivity (Wildman–Crippen MR) is 76.6 cm³/mol. The van der Waals surface area contributed by atoms with Crippen molar-refractivity contribution >= 4 is 11.8 Å². The Balaban J connectivity index is 2.06. The molecule has 0 aromatic heterocycles. The first-order chi connectivity index (χ1) is 8.81. The molecule has 0 heterocycles. The average Bonchev–Trinajstić information content (AvgIpc) is 2.59. The second kappa shape index (κ2) is 7.15. The van der Waals surface area contributed by atoms with Gasteiger partial charge in [-0.05, 0) is 31.5 Å². The molecule has 0 spiro atoms. The van der Waals surface area contributed by atoms with Gasteiger partial charge in [-0.1, -0.05) is 38.3 Å². The summed E-state index contributed by atoms with van der Waals surface area (Å²) in [7, 11) is 0. The Morgan fingerprint density at radius 3 is 2.78 bits per heavy atom. The van der Waals surface area contributed by atoms with Gasteiger partial charge in [0.1, 0.15) is 5.82 Å². The van der Waals surface area contributed by atoms with Gasteiger partial charge in [0.2, 0.25) is 0 Å². The predicted octanol–water partition coefficient (Wildman–Crippen LogP) is 4.23. The number of benzene rings is 1. The summed E-state index contributed by atoms with van der Waals surface area (Å²) in [4.78, 5) is 0.798. The number of halogens is 1. The van der Waals surface area contributed by atoms with E-state index in [2.05, 4.69) is 12.2 Å². The monoisotopic (exact) mass is 267 g/mol. The lowest BCUT2D eigenvalue weighted by molar-refractivity contribution is 0.482. The van der Waals surface area contributed by atoms with Crippen molar-refractivity contribution in [2.75, 3.05) is 6.54 Å². The maximum atomic E-state index is 13.7. The van der Waals surface area contributed by atoms with Crippen molar-refractivity contribution in [1.29, 1.82) is 0 Å². The van der Waals surface area contributed by atoms with E-state index >= 15 is 0 Å². The Bertz CT molecular complexity index is 369. The molecule has 0 amide bonds. The summed E-state index contributed by atoms with van der Waals surface area (Å²) < 4.78 is 13.7. The SMILES string of the molecule is CCNC1CCCCCC1Sc1ccccc1F. The molecule has 1 saturated carbocycles. The zero-order valence-electron chi connectivity index (χ0n) is 11.0. The second-order valence-electron chi connectivity index (χ2n) is 4.89. The van der Waals surface area contributed by atoms with Gasteiger partial charge in [-0.15, -0.1) is 11.8 Å². The molecule has 2 atom stereocenters. The molecular weight excluding hydrogens is 245 g/mol. The van der Waals surface area contributed by atoms with Crippen molar-refractivity contribution in [2.24, 2.45) is 0 Å². The highest BCUT2D eigenvalue weighted by Crippen LogP contribution is 2.34. The van der Waals surface area contributed by atoms with E-state index in [1.807, 2.05) is 12.1 Å². The van der Waals surface area contributed by atoms with Crippen LogP contribution in [0.2, 0.25) is 0 Å². The van der Waals surface area contributed by atoms with Crippen molar-refractivity contribution in [3.8, 4) is 0 Å². The molecule has 0 bridgehead atoms. The van der Waals surface area contributed by atoms with Crippen LogP contribution in [-0.4, -0.2) is 17.8 Å². The largest absolute Gasteiger partial charge is 0.313 e. The number of hydrogen-bond acceptors (Lipinski definition) is 2. The summed E-state index contributed by atoms with van der Waals surface area (Å²) in [5.74, 6) is -0.0815. The zero-order valence-corrected chi connectivity index (χ0v) is 11.8. The molecular formula is C15H22FNS. The van der Waals surface area contributed by atoms with Crippen LogP contribution in [0.1, 0.15) is 39.0 Å². The van der Waals surface area contributed by atoms with Crippen LogP contribution < -0.4 is 5.32 Å². The molecule has 2 rings (SSSR count). The summed E-state index contributed by atoms with van der Waals surface area (Å²) in [6.45, 7) is 3.15. The van der Waals surface area contributed by atoms with E-state index < -0.39 is 0 Å². The Kier molecular flexibility index (Phi) is 5.51. The van der Waals surface area contributed by atoms with Crippen LogP contribution in [0.25, 0.3) is 0 Å². The Hall–Kier alpha value is -0.540. The molecule has 0 saturated heterocycles. The minimum atomic E-state index is -0.0815. The molecule has 3 heteroatoms.